The summed E-state index contributed by atoms with van der Waals surface area (Å²) in [5.74, 6) is -0.477. The van der Waals surface area contributed by atoms with Crippen LogP contribution in [0.5, 0.6) is 0 Å². The Labute approximate surface area is 103 Å². The van der Waals surface area contributed by atoms with Crippen LogP contribution in [0.4, 0.5) is 0 Å². The minimum atomic E-state index is -0.910. The molecule has 0 radical (unpaired) electrons. The van der Waals surface area contributed by atoms with E-state index in [1.165, 1.54) is 12.1 Å². The van der Waals surface area contributed by atoms with Gasteiger partial charge in [-0.3, -0.25) is 9.59 Å². The standard InChI is InChI=1S/C11H12N4O3/c12-7-11(3-5-18-6-4-11)13-10(17)8-1-2-9(16)15-14-8/h1-2H,3-6H2,(H,13,17)(H,15,16). The molecular formula is C11H12N4O3. The molecule has 7 nitrogen and oxygen atoms in total. The number of aromatic nitrogens is 2. The summed E-state index contributed by atoms with van der Waals surface area (Å²) < 4.78 is 5.16. The van der Waals surface area contributed by atoms with Crippen LogP contribution in [-0.2, 0) is 4.74 Å². The number of nitrogens with one attached hydrogen (secondary N) is 2. The van der Waals surface area contributed by atoms with Gasteiger partial charge in [0.15, 0.2) is 0 Å². The Bertz CT molecular complexity index is 519. The number of ether oxygens (including phenoxy) is 1. The van der Waals surface area contributed by atoms with Crippen LogP contribution in [0.2, 0.25) is 0 Å². The average Bonchev–Trinajstić information content (AvgIpc) is 2.40. The second-order valence-corrected chi connectivity index (χ2v) is 4.07. The van der Waals surface area contributed by atoms with E-state index >= 15 is 0 Å². The van der Waals surface area contributed by atoms with Gasteiger partial charge in [0.2, 0.25) is 0 Å². The third kappa shape index (κ3) is 2.55. The van der Waals surface area contributed by atoms with Gasteiger partial charge in [-0.15, -0.1) is 0 Å². The number of H-pyrrole nitrogens is 1. The summed E-state index contributed by atoms with van der Waals surface area (Å²) in [5.41, 5.74) is -1.21. The van der Waals surface area contributed by atoms with Crippen LogP contribution in [0.15, 0.2) is 16.9 Å². The summed E-state index contributed by atoms with van der Waals surface area (Å²) in [6.07, 6.45) is 0.886. The van der Waals surface area contributed by atoms with Crippen molar-refractivity contribution in [2.45, 2.75) is 18.4 Å². The number of hydrogen-bond acceptors (Lipinski definition) is 5. The van der Waals surface area contributed by atoms with Crippen LogP contribution in [0.3, 0.4) is 0 Å². The number of aromatic amines is 1. The maximum atomic E-state index is 11.9. The lowest BCUT2D eigenvalue weighted by Crippen LogP contribution is -2.51. The lowest BCUT2D eigenvalue weighted by atomic mass is 9.91. The van der Waals surface area contributed by atoms with E-state index in [-0.39, 0.29) is 11.3 Å². The molecule has 1 aliphatic heterocycles. The van der Waals surface area contributed by atoms with Gasteiger partial charge in [0.05, 0.1) is 6.07 Å². The number of carbonyl (C=O) groups is 1. The Kier molecular flexibility index (Phi) is 3.39. The van der Waals surface area contributed by atoms with Crippen molar-refractivity contribution in [2.24, 2.45) is 0 Å². The number of nitriles is 1. The minimum absolute atomic E-state index is 0.0794. The van der Waals surface area contributed by atoms with Crippen LogP contribution < -0.4 is 10.9 Å². The molecule has 1 aromatic rings. The van der Waals surface area contributed by atoms with E-state index in [2.05, 4.69) is 21.6 Å². The van der Waals surface area contributed by atoms with Crippen LogP contribution in [0, 0.1) is 11.3 Å². The first-order chi connectivity index (χ1) is 8.65. The quantitative estimate of drug-likeness (QED) is 0.738. The minimum Gasteiger partial charge on any atom is -0.381 e. The van der Waals surface area contributed by atoms with Crippen molar-refractivity contribution in [1.82, 2.24) is 15.5 Å². The third-order valence-electron chi connectivity index (χ3n) is 2.82. The molecule has 1 fully saturated rings. The maximum Gasteiger partial charge on any atom is 0.272 e. The Morgan fingerprint density at radius 2 is 2.22 bits per heavy atom. The monoisotopic (exact) mass is 248 g/mol. The molecule has 1 amide bonds. The zero-order chi connectivity index (χ0) is 13.0. The van der Waals surface area contributed by atoms with Crippen molar-refractivity contribution in [3.63, 3.8) is 0 Å². The zero-order valence-corrected chi connectivity index (χ0v) is 9.60. The Hall–Kier alpha value is -2.20. The summed E-state index contributed by atoms with van der Waals surface area (Å²) in [6, 6.07) is 4.65. The molecule has 2 heterocycles. The van der Waals surface area contributed by atoms with Gasteiger partial charge in [0.25, 0.3) is 11.5 Å². The number of rotatable bonds is 2. The lowest BCUT2D eigenvalue weighted by molar-refractivity contribution is 0.0529. The van der Waals surface area contributed by atoms with E-state index in [9.17, 15) is 14.9 Å². The SMILES string of the molecule is N#CC1(NC(=O)c2ccc(=O)[nH]n2)CCOCC1. The fourth-order valence-corrected chi connectivity index (χ4v) is 1.74. The summed E-state index contributed by atoms with van der Waals surface area (Å²) >= 11 is 0. The molecule has 0 aliphatic carbocycles. The second-order valence-electron chi connectivity index (χ2n) is 4.07. The van der Waals surface area contributed by atoms with Gasteiger partial charge in [-0.05, 0) is 6.07 Å². The number of amides is 1. The highest BCUT2D eigenvalue weighted by atomic mass is 16.5. The third-order valence-corrected chi connectivity index (χ3v) is 2.82. The Morgan fingerprint density at radius 3 is 2.78 bits per heavy atom. The van der Waals surface area contributed by atoms with E-state index in [1.54, 1.807) is 0 Å². The highest BCUT2D eigenvalue weighted by Crippen LogP contribution is 2.19. The van der Waals surface area contributed by atoms with Crippen LogP contribution in [-0.4, -0.2) is 34.9 Å². The average molecular weight is 248 g/mol. The molecule has 1 aromatic heterocycles. The topological polar surface area (TPSA) is 108 Å². The predicted molar refractivity (Wildman–Crippen MR) is 60.7 cm³/mol. The smallest absolute Gasteiger partial charge is 0.272 e. The second kappa shape index (κ2) is 4.98. The lowest BCUT2D eigenvalue weighted by Gasteiger charge is -2.31. The molecule has 0 saturated carbocycles. The fraction of sp³-hybridized carbons (Fsp3) is 0.455. The van der Waals surface area contributed by atoms with Crippen molar-refractivity contribution in [3.8, 4) is 6.07 Å². The molecule has 1 aliphatic rings. The van der Waals surface area contributed by atoms with E-state index in [0.717, 1.165) is 0 Å². The van der Waals surface area contributed by atoms with Gasteiger partial charge < -0.3 is 10.1 Å². The molecule has 0 unspecified atom stereocenters. The molecule has 2 N–H and O–H groups in total. The molecular weight excluding hydrogens is 236 g/mol. The van der Waals surface area contributed by atoms with Gasteiger partial charge >= 0.3 is 0 Å². The van der Waals surface area contributed by atoms with Crippen molar-refractivity contribution >= 4 is 5.91 Å². The van der Waals surface area contributed by atoms with Gasteiger partial charge in [0.1, 0.15) is 11.2 Å². The molecule has 1 saturated heterocycles. The molecule has 0 bridgehead atoms. The van der Waals surface area contributed by atoms with Crippen molar-refractivity contribution in [2.75, 3.05) is 13.2 Å². The Morgan fingerprint density at radius 1 is 1.50 bits per heavy atom. The zero-order valence-electron chi connectivity index (χ0n) is 9.60. The molecule has 7 heteroatoms. The van der Waals surface area contributed by atoms with Crippen molar-refractivity contribution in [1.29, 1.82) is 5.26 Å². The fourth-order valence-electron chi connectivity index (χ4n) is 1.74. The summed E-state index contributed by atoms with van der Waals surface area (Å²) in [6.45, 7) is 0.875. The number of nitrogens with zero attached hydrogens (tertiary/aromatic N) is 2. The first-order valence-electron chi connectivity index (χ1n) is 5.52. The molecule has 0 spiro atoms. The van der Waals surface area contributed by atoms with E-state index in [4.69, 9.17) is 4.74 Å². The molecule has 18 heavy (non-hydrogen) atoms. The van der Waals surface area contributed by atoms with Gasteiger partial charge in [0, 0.05) is 32.1 Å². The van der Waals surface area contributed by atoms with Crippen LogP contribution >= 0.6 is 0 Å². The van der Waals surface area contributed by atoms with Crippen molar-refractivity contribution < 1.29 is 9.53 Å². The molecule has 94 valence electrons. The summed E-state index contributed by atoms with van der Waals surface area (Å²) in [4.78, 5) is 22.7. The van der Waals surface area contributed by atoms with E-state index in [1.807, 2.05) is 0 Å². The first kappa shape index (κ1) is 12.3. The Balaban J connectivity index is 2.13. The van der Waals surface area contributed by atoms with Gasteiger partial charge in [-0.2, -0.15) is 10.4 Å². The van der Waals surface area contributed by atoms with Gasteiger partial charge in [-0.1, -0.05) is 0 Å². The molecule has 2 rings (SSSR count). The normalized spacial score (nSPS) is 17.7. The molecule has 0 atom stereocenters. The summed E-state index contributed by atoms with van der Waals surface area (Å²) in [7, 11) is 0. The first-order valence-corrected chi connectivity index (χ1v) is 5.52. The summed E-state index contributed by atoms with van der Waals surface area (Å²) in [5, 5.41) is 17.6. The van der Waals surface area contributed by atoms with Crippen molar-refractivity contribution in [3.05, 3.63) is 28.2 Å². The molecule has 0 aromatic carbocycles. The highest BCUT2D eigenvalue weighted by Gasteiger charge is 2.34. The van der Waals surface area contributed by atoms with E-state index in [0.29, 0.717) is 26.1 Å². The number of hydrogen-bond donors (Lipinski definition) is 2. The maximum absolute atomic E-state index is 11.9. The van der Waals surface area contributed by atoms with Gasteiger partial charge in [-0.25, -0.2) is 5.10 Å². The van der Waals surface area contributed by atoms with Crippen LogP contribution in [0.1, 0.15) is 23.3 Å². The highest BCUT2D eigenvalue weighted by molar-refractivity contribution is 5.92. The van der Waals surface area contributed by atoms with E-state index < -0.39 is 11.4 Å². The van der Waals surface area contributed by atoms with Crippen LogP contribution in [0.25, 0.3) is 0 Å². The largest absolute Gasteiger partial charge is 0.381 e. The predicted octanol–water partition coefficient (Wildman–Crippen LogP) is -0.428. The number of carbonyl (C=O) groups excluding carboxylic acids is 1.